The first-order valence-electron chi connectivity index (χ1n) is 5.62. The van der Waals surface area contributed by atoms with E-state index in [9.17, 15) is 8.78 Å². The molecule has 1 aromatic heterocycles. The molecule has 2 rings (SSSR count). The van der Waals surface area contributed by atoms with Crippen LogP contribution in [0.2, 0.25) is 0 Å². The SMILES string of the molecule is Cc1cc(C(NN)c2c(F)ccc(Br)c2F)c(C)o1. The maximum atomic E-state index is 14.1. The molecular formula is C13H13BrF2N2O. The quantitative estimate of drug-likeness (QED) is 0.514. The number of aryl methyl sites for hydroxylation is 2. The first-order chi connectivity index (χ1) is 8.95. The van der Waals surface area contributed by atoms with E-state index < -0.39 is 17.7 Å². The van der Waals surface area contributed by atoms with Crippen molar-refractivity contribution in [2.45, 2.75) is 19.9 Å². The Morgan fingerprint density at radius 3 is 2.53 bits per heavy atom. The molecule has 0 radical (unpaired) electrons. The Morgan fingerprint density at radius 1 is 1.32 bits per heavy atom. The van der Waals surface area contributed by atoms with Crippen LogP contribution in [-0.2, 0) is 0 Å². The molecule has 102 valence electrons. The first kappa shape index (κ1) is 14.2. The molecule has 6 heteroatoms. The van der Waals surface area contributed by atoms with Gasteiger partial charge in [0, 0.05) is 11.1 Å². The van der Waals surface area contributed by atoms with E-state index in [2.05, 4.69) is 21.4 Å². The zero-order valence-corrected chi connectivity index (χ0v) is 12.0. The Labute approximate surface area is 117 Å². The molecule has 0 spiro atoms. The number of benzene rings is 1. The molecule has 0 aliphatic rings. The van der Waals surface area contributed by atoms with E-state index in [4.69, 9.17) is 10.3 Å². The second kappa shape index (κ2) is 5.40. The van der Waals surface area contributed by atoms with Gasteiger partial charge in [-0.05, 0) is 48.0 Å². The average Bonchev–Trinajstić information content (AvgIpc) is 2.69. The predicted octanol–water partition coefficient (Wildman–Crippen LogP) is 3.49. The van der Waals surface area contributed by atoms with Crippen LogP contribution in [0.5, 0.6) is 0 Å². The van der Waals surface area contributed by atoms with Crippen LogP contribution in [0.4, 0.5) is 8.78 Å². The molecule has 2 aromatic rings. The van der Waals surface area contributed by atoms with E-state index in [1.165, 1.54) is 12.1 Å². The third-order valence-corrected chi connectivity index (χ3v) is 3.54. The minimum absolute atomic E-state index is 0.138. The number of nitrogens with one attached hydrogen (secondary N) is 1. The van der Waals surface area contributed by atoms with E-state index in [0.29, 0.717) is 17.1 Å². The average molecular weight is 331 g/mol. The zero-order chi connectivity index (χ0) is 14.2. The Morgan fingerprint density at radius 2 is 2.00 bits per heavy atom. The highest BCUT2D eigenvalue weighted by Crippen LogP contribution is 2.32. The second-order valence-corrected chi connectivity index (χ2v) is 5.08. The van der Waals surface area contributed by atoms with E-state index in [0.717, 1.165) is 0 Å². The number of halogens is 3. The number of nitrogens with two attached hydrogens (primary N) is 1. The van der Waals surface area contributed by atoms with Crippen LogP contribution in [0.25, 0.3) is 0 Å². The van der Waals surface area contributed by atoms with Crippen LogP contribution in [0.15, 0.2) is 27.1 Å². The highest BCUT2D eigenvalue weighted by molar-refractivity contribution is 9.10. The van der Waals surface area contributed by atoms with Gasteiger partial charge in [-0.15, -0.1) is 0 Å². The summed E-state index contributed by atoms with van der Waals surface area (Å²) in [7, 11) is 0. The molecule has 1 atom stereocenters. The van der Waals surface area contributed by atoms with E-state index in [1.54, 1.807) is 19.9 Å². The van der Waals surface area contributed by atoms with Crippen LogP contribution in [-0.4, -0.2) is 0 Å². The summed E-state index contributed by atoms with van der Waals surface area (Å²) in [5.41, 5.74) is 2.91. The van der Waals surface area contributed by atoms with Crippen molar-refractivity contribution in [3.8, 4) is 0 Å². The van der Waals surface area contributed by atoms with Gasteiger partial charge in [-0.25, -0.2) is 14.2 Å². The van der Waals surface area contributed by atoms with Crippen molar-refractivity contribution in [2.75, 3.05) is 0 Å². The predicted molar refractivity (Wildman–Crippen MR) is 71.4 cm³/mol. The molecule has 0 aliphatic heterocycles. The van der Waals surface area contributed by atoms with Gasteiger partial charge in [0.1, 0.15) is 23.2 Å². The molecule has 0 aliphatic carbocycles. The van der Waals surface area contributed by atoms with Crippen molar-refractivity contribution in [1.29, 1.82) is 0 Å². The van der Waals surface area contributed by atoms with Gasteiger partial charge in [0.2, 0.25) is 0 Å². The van der Waals surface area contributed by atoms with Gasteiger partial charge in [-0.1, -0.05) is 0 Å². The number of furan rings is 1. The lowest BCUT2D eigenvalue weighted by Gasteiger charge is -2.18. The molecule has 19 heavy (non-hydrogen) atoms. The normalized spacial score (nSPS) is 12.7. The molecular weight excluding hydrogens is 318 g/mol. The molecule has 0 amide bonds. The minimum Gasteiger partial charge on any atom is -0.466 e. The van der Waals surface area contributed by atoms with E-state index in [-0.39, 0.29) is 10.0 Å². The smallest absolute Gasteiger partial charge is 0.145 e. The van der Waals surface area contributed by atoms with Crippen LogP contribution >= 0.6 is 15.9 Å². The number of hydrazine groups is 1. The van der Waals surface area contributed by atoms with Gasteiger partial charge < -0.3 is 4.42 Å². The van der Waals surface area contributed by atoms with Crippen molar-refractivity contribution < 1.29 is 13.2 Å². The van der Waals surface area contributed by atoms with Crippen molar-refractivity contribution in [1.82, 2.24) is 5.43 Å². The number of hydrogen-bond acceptors (Lipinski definition) is 3. The molecule has 1 aromatic carbocycles. The van der Waals surface area contributed by atoms with Gasteiger partial charge in [0.15, 0.2) is 0 Å². The lowest BCUT2D eigenvalue weighted by Crippen LogP contribution is -2.30. The second-order valence-electron chi connectivity index (χ2n) is 4.23. The fourth-order valence-electron chi connectivity index (χ4n) is 2.07. The summed E-state index contributed by atoms with van der Waals surface area (Å²) in [5, 5.41) is 0. The van der Waals surface area contributed by atoms with Crippen LogP contribution in [0, 0.1) is 25.5 Å². The van der Waals surface area contributed by atoms with E-state index in [1.807, 2.05) is 0 Å². The molecule has 0 fully saturated rings. The zero-order valence-electron chi connectivity index (χ0n) is 10.4. The topological polar surface area (TPSA) is 51.2 Å². The van der Waals surface area contributed by atoms with Gasteiger partial charge in [0.25, 0.3) is 0 Å². The van der Waals surface area contributed by atoms with Gasteiger partial charge in [-0.2, -0.15) is 0 Å². The molecule has 0 saturated carbocycles. The summed E-state index contributed by atoms with van der Waals surface area (Å²) >= 11 is 3.04. The molecule has 1 unspecified atom stereocenters. The Bertz CT molecular complexity index is 613. The standard InChI is InChI=1S/C13H13BrF2N2O/c1-6-5-8(7(2)19-6)13(18-17)11-10(15)4-3-9(14)12(11)16/h3-5,13,18H,17H2,1-2H3. The Balaban J connectivity index is 2.61. The number of rotatable bonds is 3. The highest BCUT2D eigenvalue weighted by atomic mass is 79.9. The summed E-state index contributed by atoms with van der Waals surface area (Å²) in [6.45, 7) is 3.48. The monoisotopic (exact) mass is 330 g/mol. The first-order valence-corrected chi connectivity index (χ1v) is 6.41. The Hall–Kier alpha value is -1.24. The molecule has 3 N–H and O–H groups in total. The minimum atomic E-state index is -0.810. The molecule has 0 saturated heterocycles. The largest absolute Gasteiger partial charge is 0.466 e. The van der Waals surface area contributed by atoms with Crippen LogP contribution < -0.4 is 11.3 Å². The lowest BCUT2D eigenvalue weighted by atomic mass is 9.98. The van der Waals surface area contributed by atoms with Crippen molar-refractivity contribution >= 4 is 15.9 Å². The highest BCUT2D eigenvalue weighted by Gasteiger charge is 2.25. The van der Waals surface area contributed by atoms with Crippen LogP contribution in [0.3, 0.4) is 0 Å². The summed E-state index contributed by atoms with van der Waals surface area (Å²) in [6.07, 6.45) is 0. The fraction of sp³-hybridized carbons (Fsp3) is 0.231. The summed E-state index contributed by atoms with van der Waals surface area (Å²) in [4.78, 5) is 0. The van der Waals surface area contributed by atoms with Gasteiger partial charge >= 0.3 is 0 Å². The van der Waals surface area contributed by atoms with E-state index >= 15 is 0 Å². The molecule has 0 bridgehead atoms. The van der Waals surface area contributed by atoms with Crippen molar-refractivity contribution in [3.05, 3.63) is 57.0 Å². The maximum Gasteiger partial charge on any atom is 0.145 e. The lowest BCUT2D eigenvalue weighted by molar-refractivity contribution is 0.482. The molecule has 1 heterocycles. The number of hydrogen-bond donors (Lipinski definition) is 2. The molecule has 3 nitrogen and oxygen atoms in total. The van der Waals surface area contributed by atoms with Gasteiger partial charge in [0.05, 0.1) is 10.5 Å². The fourth-order valence-corrected chi connectivity index (χ4v) is 2.42. The van der Waals surface area contributed by atoms with Crippen molar-refractivity contribution in [3.63, 3.8) is 0 Å². The maximum absolute atomic E-state index is 14.1. The third-order valence-electron chi connectivity index (χ3n) is 2.93. The third kappa shape index (κ3) is 2.56. The van der Waals surface area contributed by atoms with Crippen molar-refractivity contribution in [2.24, 2.45) is 5.84 Å². The van der Waals surface area contributed by atoms with Crippen LogP contribution in [0.1, 0.15) is 28.7 Å². The summed E-state index contributed by atoms with van der Waals surface area (Å²) in [5.74, 6) is 5.34. The summed E-state index contributed by atoms with van der Waals surface area (Å²) < 4.78 is 33.6. The Kier molecular flexibility index (Phi) is 4.03. The van der Waals surface area contributed by atoms with Gasteiger partial charge in [-0.3, -0.25) is 5.84 Å². The summed E-state index contributed by atoms with van der Waals surface area (Å²) in [6, 6.07) is 3.40.